The van der Waals surface area contributed by atoms with Gasteiger partial charge in [-0.1, -0.05) is 41.4 Å². The zero-order chi connectivity index (χ0) is 29.0. The molecule has 3 aromatic rings. The number of hydrogen-bond donors (Lipinski definition) is 3. The summed E-state index contributed by atoms with van der Waals surface area (Å²) in [6, 6.07) is 15.0. The number of nitrogens with two attached hydrogens (primary N) is 2. The van der Waals surface area contributed by atoms with Gasteiger partial charge in [-0.3, -0.25) is 9.59 Å². The first-order chi connectivity index (χ1) is 19.0. The van der Waals surface area contributed by atoms with Crippen LogP contribution in [0.25, 0.3) is 0 Å². The first kappa shape index (κ1) is 30.0. The number of carbonyl (C=O) groups is 2. The van der Waals surface area contributed by atoms with Crippen LogP contribution in [0.1, 0.15) is 48.9 Å². The number of benzene rings is 3. The first-order valence-corrected chi connectivity index (χ1v) is 14.8. The summed E-state index contributed by atoms with van der Waals surface area (Å²) in [4.78, 5) is 25.8. The van der Waals surface area contributed by atoms with E-state index >= 15 is 0 Å². The van der Waals surface area contributed by atoms with Gasteiger partial charge >= 0.3 is 0 Å². The summed E-state index contributed by atoms with van der Waals surface area (Å²) in [6.45, 7) is 1.58. The summed E-state index contributed by atoms with van der Waals surface area (Å²) in [7, 11) is -1.83. The largest absolute Gasteiger partial charge is 0.380 e. The summed E-state index contributed by atoms with van der Waals surface area (Å²) in [5.41, 5.74) is 14.4. The second-order valence-corrected chi connectivity index (χ2v) is 12.2. The maximum atomic E-state index is 13.1. The molecule has 0 radical (unpaired) electrons. The standard InChI is InChI=1S/C28H30Cl2N4O5S/c1-34-15-24(23-13-18(29)14-26(30)25(23)16-34)17-4-2-5-19(12-17)40(37,38)33-9-11-39-10-8-20-21(27(31)35)6-3-7-22(20)28(32)36/h2-7,12-14,24,33H,8-11,15-16H2,1H3,(H2,31,35)(H2,32,36). The van der Waals surface area contributed by atoms with Gasteiger partial charge in [-0.2, -0.15) is 0 Å². The van der Waals surface area contributed by atoms with Crippen LogP contribution in [-0.4, -0.2) is 58.5 Å². The Kier molecular flexibility index (Phi) is 9.50. The van der Waals surface area contributed by atoms with E-state index in [0.717, 1.165) is 16.7 Å². The third kappa shape index (κ3) is 6.83. The van der Waals surface area contributed by atoms with Crippen LogP contribution in [0.2, 0.25) is 10.0 Å². The third-order valence-electron chi connectivity index (χ3n) is 6.81. The molecular formula is C28H30Cl2N4O5S. The number of ether oxygens (including phenoxy) is 1. The Balaban J connectivity index is 1.39. The number of sulfonamides is 1. The molecule has 0 aliphatic carbocycles. The lowest BCUT2D eigenvalue weighted by atomic mass is 9.85. The van der Waals surface area contributed by atoms with Crippen LogP contribution in [-0.2, 0) is 27.7 Å². The van der Waals surface area contributed by atoms with Crippen molar-refractivity contribution in [2.75, 3.05) is 33.4 Å². The third-order valence-corrected chi connectivity index (χ3v) is 8.82. The summed E-state index contributed by atoms with van der Waals surface area (Å²) >= 11 is 12.8. The topological polar surface area (TPSA) is 145 Å². The number of hydrogen-bond acceptors (Lipinski definition) is 6. The minimum Gasteiger partial charge on any atom is -0.380 e. The molecule has 1 aliphatic heterocycles. The number of halogens is 2. The van der Waals surface area contributed by atoms with Crippen LogP contribution >= 0.6 is 23.2 Å². The van der Waals surface area contributed by atoms with E-state index in [2.05, 4.69) is 9.62 Å². The van der Waals surface area contributed by atoms with Gasteiger partial charge in [-0.25, -0.2) is 13.1 Å². The molecule has 212 valence electrons. The zero-order valence-corrected chi connectivity index (χ0v) is 24.2. The molecule has 0 saturated carbocycles. The molecule has 0 fully saturated rings. The van der Waals surface area contributed by atoms with Gasteiger partial charge < -0.3 is 21.1 Å². The molecule has 1 heterocycles. The molecule has 2 amide bonds. The lowest BCUT2D eigenvalue weighted by Gasteiger charge is -2.33. The number of primary amides is 2. The van der Waals surface area contributed by atoms with Crippen molar-refractivity contribution in [3.63, 3.8) is 0 Å². The van der Waals surface area contributed by atoms with Crippen LogP contribution in [0.3, 0.4) is 0 Å². The van der Waals surface area contributed by atoms with Gasteiger partial charge in [0.25, 0.3) is 0 Å². The molecule has 3 aromatic carbocycles. The molecule has 0 aromatic heterocycles. The highest BCUT2D eigenvalue weighted by molar-refractivity contribution is 7.89. The van der Waals surface area contributed by atoms with Crippen molar-refractivity contribution in [1.82, 2.24) is 9.62 Å². The Hall–Kier alpha value is -2.99. The first-order valence-electron chi connectivity index (χ1n) is 12.5. The van der Waals surface area contributed by atoms with E-state index < -0.39 is 21.8 Å². The van der Waals surface area contributed by atoms with Gasteiger partial charge in [0.2, 0.25) is 21.8 Å². The highest BCUT2D eigenvalue weighted by Crippen LogP contribution is 2.38. The predicted molar refractivity (Wildman–Crippen MR) is 154 cm³/mol. The van der Waals surface area contributed by atoms with Crippen molar-refractivity contribution in [2.24, 2.45) is 11.5 Å². The average molecular weight is 606 g/mol. The van der Waals surface area contributed by atoms with E-state index in [9.17, 15) is 18.0 Å². The van der Waals surface area contributed by atoms with E-state index in [1.165, 1.54) is 24.3 Å². The molecule has 1 atom stereocenters. The molecule has 0 bridgehead atoms. The molecule has 5 N–H and O–H groups in total. The monoisotopic (exact) mass is 604 g/mol. The number of carbonyl (C=O) groups excluding carboxylic acids is 2. The van der Waals surface area contributed by atoms with Crippen LogP contribution in [0.15, 0.2) is 59.5 Å². The number of rotatable bonds is 11. The van der Waals surface area contributed by atoms with Crippen LogP contribution in [0, 0.1) is 0 Å². The molecule has 1 aliphatic rings. The Bertz CT molecular complexity index is 1520. The van der Waals surface area contributed by atoms with Crippen molar-refractivity contribution in [3.05, 3.63) is 98.0 Å². The van der Waals surface area contributed by atoms with Gasteiger partial charge in [0.1, 0.15) is 0 Å². The van der Waals surface area contributed by atoms with E-state index in [-0.39, 0.29) is 48.1 Å². The Morgan fingerprint density at radius 1 is 1.02 bits per heavy atom. The molecule has 1 unspecified atom stereocenters. The Labute approximate surface area is 243 Å². The van der Waals surface area contributed by atoms with Crippen molar-refractivity contribution in [1.29, 1.82) is 0 Å². The van der Waals surface area contributed by atoms with E-state index in [0.29, 0.717) is 28.7 Å². The summed E-state index contributed by atoms with van der Waals surface area (Å²) < 4.78 is 34.2. The fourth-order valence-corrected chi connectivity index (χ4v) is 6.59. The average Bonchev–Trinajstić information content (AvgIpc) is 2.90. The lowest BCUT2D eigenvalue weighted by Crippen LogP contribution is -2.31. The number of fused-ring (bicyclic) bond motifs is 1. The van der Waals surface area contributed by atoms with Gasteiger partial charge in [0.15, 0.2) is 0 Å². The number of nitrogens with zero attached hydrogens (tertiary/aromatic N) is 1. The number of amides is 2. The fourth-order valence-electron chi connectivity index (χ4n) is 4.95. The van der Waals surface area contributed by atoms with Gasteiger partial charge in [-0.05, 0) is 72.1 Å². The Morgan fingerprint density at radius 2 is 1.70 bits per heavy atom. The van der Waals surface area contributed by atoms with Gasteiger partial charge in [0, 0.05) is 46.7 Å². The molecule has 4 rings (SSSR count). The highest BCUT2D eigenvalue weighted by Gasteiger charge is 2.28. The van der Waals surface area contributed by atoms with Crippen molar-refractivity contribution >= 4 is 45.0 Å². The maximum absolute atomic E-state index is 13.1. The zero-order valence-electron chi connectivity index (χ0n) is 21.8. The molecule has 40 heavy (non-hydrogen) atoms. The van der Waals surface area contributed by atoms with E-state index in [4.69, 9.17) is 39.4 Å². The van der Waals surface area contributed by atoms with E-state index in [1.807, 2.05) is 19.2 Å². The quantitative estimate of drug-likeness (QED) is 0.286. The number of nitrogens with one attached hydrogen (secondary N) is 1. The lowest BCUT2D eigenvalue weighted by molar-refractivity contribution is 0.0997. The molecule has 9 nitrogen and oxygen atoms in total. The fraction of sp³-hybridized carbons (Fsp3) is 0.286. The normalized spacial score (nSPS) is 15.5. The minimum absolute atomic E-state index is 0.0208. The minimum atomic E-state index is -3.82. The second kappa shape index (κ2) is 12.7. The van der Waals surface area contributed by atoms with Gasteiger partial charge in [-0.15, -0.1) is 0 Å². The van der Waals surface area contributed by atoms with Crippen LogP contribution < -0.4 is 16.2 Å². The molecule has 12 heteroatoms. The molecule has 0 spiro atoms. The predicted octanol–water partition coefficient (Wildman–Crippen LogP) is 3.31. The van der Waals surface area contributed by atoms with Crippen LogP contribution in [0.4, 0.5) is 0 Å². The van der Waals surface area contributed by atoms with Crippen molar-refractivity contribution in [2.45, 2.75) is 23.8 Å². The molecule has 0 saturated heterocycles. The van der Waals surface area contributed by atoms with Gasteiger partial charge in [0.05, 0.1) is 18.1 Å². The maximum Gasteiger partial charge on any atom is 0.249 e. The van der Waals surface area contributed by atoms with E-state index in [1.54, 1.807) is 18.2 Å². The summed E-state index contributed by atoms with van der Waals surface area (Å²) in [5, 5.41) is 1.13. The summed E-state index contributed by atoms with van der Waals surface area (Å²) in [5.74, 6) is -1.46. The Morgan fingerprint density at radius 3 is 2.38 bits per heavy atom. The SMILES string of the molecule is CN1Cc2c(Cl)cc(Cl)cc2C(c2cccc(S(=O)(=O)NCCOCCc3c(C(N)=O)cccc3C(N)=O)c2)C1. The smallest absolute Gasteiger partial charge is 0.249 e. The molecular weight excluding hydrogens is 575 g/mol. The summed E-state index contributed by atoms with van der Waals surface area (Å²) in [6.07, 6.45) is 0.206. The van der Waals surface area contributed by atoms with Crippen molar-refractivity contribution in [3.8, 4) is 0 Å². The second-order valence-electron chi connectivity index (χ2n) is 9.60. The van der Waals surface area contributed by atoms with Crippen molar-refractivity contribution < 1.29 is 22.7 Å². The number of likely N-dealkylation sites (N-methyl/N-ethyl adjacent to an activating group) is 1. The van der Waals surface area contributed by atoms with Crippen LogP contribution in [0.5, 0.6) is 0 Å². The highest BCUT2D eigenvalue weighted by atomic mass is 35.5.